The number of anilines is 1. The summed E-state index contributed by atoms with van der Waals surface area (Å²) in [4.78, 5) is 32.5. The number of fused-ring (bicyclic) bond motifs is 1. The number of imide groups is 1. The first-order valence-electron chi connectivity index (χ1n) is 7.69. The zero-order valence-corrected chi connectivity index (χ0v) is 13.5. The molecule has 0 radical (unpaired) electrons. The predicted molar refractivity (Wildman–Crippen MR) is 87.1 cm³/mol. The largest absolute Gasteiger partial charge is 0.334 e. The smallest absolute Gasteiger partial charge is 0.312 e. The molecule has 6 nitrogen and oxygen atoms in total. The summed E-state index contributed by atoms with van der Waals surface area (Å²) in [7, 11) is 0. The van der Waals surface area contributed by atoms with Crippen molar-refractivity contribution < 1.29 is 9.59 Å². The molecule has 2 aromatic rings. The minimum Gasteiger partial charge on any atom is -0.312 e. The highest BCUT2D eigenvalue weighted by atomic mass is 32.1. The van der Waals surface area contributed by atoms with E-state index in [2.05, 4.69) is 16.3 Å². The maximum Gasteiger partial charge on any atom is 0.334 e. The lowest BCUT2D eigenvalue weighted by Crippen LogP contribution is -2.41. The van der Waals surface area contributed by atoms with Crippen LogP contribution in [0.4, 0.5) is 9.93 Å². The lowest BCUT2D eigenvalue weighted by atomic mass is 9.93. The van der Waals surface area contributed by atoms with E-state index >= 15 is 0 Å². The maximum absolute atomic E-state index is 12.6. The highest BCUT2D eigenvalue weighted by Crippen LogP contribution is 2.34. The van der Waals surface area contributed by atoms with Crippen LogP contribution in [0.5, 0.6) is 0 Å². The zero-order chi connectivity index (χ0) is 16.0. The van der Waals surface area contributed by atoms with Gasteiger partial charge in [0, 0.05) is 23.6 Å². The Kier molecular flexibility index (Phi) is 3.37. The lowest BCUT2D eigenvalue weighted by Gasteiger charge is -2.30. The first kappa shape index (κ1) is 14.3. The van der Waals surface area contributed by atoms with Crippen LogP contribution in [0, 0.1) is 5.92 Å². The third kappa shape index (κ3) is 2.31. The third-order valence-electron chi connectivity index (χ3n) is 4.45. The molecule has 1 aromatic heterocycles. The number of nitrogens with zero attached hydrogens (tertiary/aromatic N) is 4. The number of amides is 3. The van der Waals surface area contributed by atoms with Crippen molar-refractivity contribution in [2.45, 2.75) is 25.8 Å². The van der Waals surface area contributed by atoms with Gasteiger partial charge in [0.25, 0.3) is 5.91 Å². The summed E-state index contributed by atoms with van der Waals surface area (Å²) in [5.74, 6) is 0.837. The topological polar surface area (TPSA) is 66.4 Å². The molecule has 118 valence electrons. The van der Waals surface area contributed by atoms with Crippen molar-refractivity contribution in [1.82, 2.24) is 14.3 Å². The molecule has 4 rings (SSSR count). The van der Waals surface area contributed by atoms with Gasteiger partial charge >= 0.3 is 6.03 Å². The number of urea groups is 1. The number of hydrogen-bond donors (Lipinski definition) is 0. The Balaban J connectivity index is 1.65. The molecule has 0 saturated carbocycles. The van der Waals surface area contributed by atoms with Gasteiger partial charge in [-0.15, -0.1) is 0 Å². The molecule has 3 heterocycles. The molecule has 7 heteroatoms. The van der Waals surface area contributed by atoms with Gasteiger partial charge in [-0.2, -0.15) is 9.36 Å². The number of benzene rings is 1. The molecule has 2 aliphatic heterocycles. The zero-order valence-electron chi connectivity index (χ0n) is 12.7. The molecule has 3 amide bonds. The summed E-state index contributed by atoms with van der Waals surface area (Å²) >= 11 is 1.09. The molecule has 23 heavy (non-hydrogen) atoms. The van der Waals surface area contributed by atoms with Gasteiger partial charge in [-0.05, 0) is 18.8 Å². The monoisotopic (exact) mass is 328 g/mol. The van der Waals surface area contributed by atoms with Gasteiger partial charge in [0.05, 0.1) is 0 Å². The van der Waals surface area contributed by atoms with Gasteiger partial charge in [-0.3, -0.25) is 4.79 Å². The minimum absolute atomic E-state index is 0.169. The highest BCUT2D eigenvalue weighted by Gasteiger charge is 2.49. The lowest BCUT2D eigenvalue weighted by molar-refractivity contribution is -0.120. The molecule has 2 atom stereocenters. The van der Waals surface area contributed by atoms with Crippen molar-refractivity contribution in [1.29, 1.82) is 0 Å². The summed E-state index contributed by atoms with van der Waals surface area (Å²) in [6, 6.07) is 8.95. The van der Waals surface area contributed by atoms with E-state index in [4.69, 9.17) is 0 Å². The van der Waals surface area contributed by atoms with Crippen LogP contribution in [0.25, 0.3) is 11.4 Å². The summed E-state index contributed by atoms with van der Waals surface area (Å²) < 4.78 is 4.30. The molecule has 1 aromatic carbocycles. The Hall–Kier alpha value is -2.28. The van der Waals surface area contributed by atoms with Crippen molar-refractivity contribution >= 4 is 28.6 Å². The van der Waals surface area contributed by atoms with Gasteiger partial charge in [0.2, 0.25) is 5.13 Å². The van der Waals surface area contributed by atoms with E-state index in [1.54, 1.807) is 4.90 Å². The first-order valence-corrected chi connectivity index (χ1v) is 8.46. The van der Waals surface area contributed by atoms with E-state index in [9.17, 15) is 9.59 Å². The number of carbonyl (C=O) groups is 2. The molecule has 0 N–H and O–H groups in total. The Bertz CT molecular complexity index is 760. The summed E-state index contributed by atoms with van der Waals surface area (Å²) in [5, 5.41) is 0.362. The molecule has 2 fully saturated rings. The Labute approximate surface area is 137 Å². The van der Waals surface area contributed by atoms with E-state index in [1.165, 1.54) is 4.90 Å². The van der Waals surface area contributed by atoms with Crippen molar-refractivity contribution in [3.8, 4) is 11.4 Å². The second kappa shape index (κ2) is 5.42. The second-order valence-electron chi connectivity index (χ2n) is 6.06. The number of carbonyl (C=O) groups excluding carboxylic acids is 2. The molecule has 0 aliphatic carbocycles. The molecular weight excluding hydrogens is 312 g/mol. The van der Waals surface area contributed by atoms with Gasteiger partial charge in [-0.1, -0.05) is 37.3 Å². The van der Waals surface area contributed by atoms with E-state index in [0.29, 0.717) is 23.4 Å². The van der Waals surface area contributed by atoms with E-state index in [-0.39, 0.29) is 18.0 Å². The van der Waals surface area contributed by atoms with Gasteiger partial charge in [-0.25, -0.2) is 9.69 Å². The summed E-state index contributed by atoms with van der Waals surface area (Å²) in [5.41, 5.74) is 0.875. The maximum atomic E-state index is 12.6. The van der Waals surface area contributed by atoms with Crippen molar-refractivity contribution in [2.75, 3.05) is 11.4 Å². The SMILES string of the molecule is C[C@@H]1CCN2C(=O)N(c3nc(-c4ccccc4)ns3)C(=O)[C@@H]2C1. The Morgan fingerprint density at radius 2 is 2.00 bits per heavy atom. The summed E-state index contributed by atoms with van der Waals surface area (Å²) in [6.45, 7) is 2.76. The average Bonchev–Trinajstić information content (AvgIpc) is 3.13. The molecule has 0 bridgehead atoms. The number of aromatic nitrogens is 2. The third-order valence-corrected chi connectivity index (χ3v) is 5.15. The van der Waals surface area contributed by atoms with E-state index in [1.807, 2.05) is 30.3 Å². The van der Waals surface area contributed by atoms with Gasteiger partial charge in [0.15, 0.2) is 5.82 Å². The molecule has 0 spiro atoms. The quantitative estimate of drug-likeness (QED) is 0.795. The van der Waals surface area contributed by atoms with Crippen LogP contribution in [-0.4, -0.2) is 38.8 Å². The highest BCUT2D eigenvalue weighted by molar-refractivity contribution is 7.10. The fraction of sp³-hybridized carbons (Fsp3) is 0.375. The molecule has 2 saturated heterocycles. The fourth-order valence-corrected chi connectivity index (χ4v) is 3.85. The minimum atomic E-state index is -0.338. The first-order chi connectivity index (χ1) is 11.1. The van der Waals surface area contributed by atoms with Crippen molar-refractivity contribution in [3.63, 3.8) is 0 Å². The van der Waals surface area contributed by atoms with Crippen LogP contribution in [0.3, 0.4) is 0 Å². The van der Waals surface area contributed by atoms with Crippen molar-refractivity contribution in [3.05, 3.63) is 30.3 Å². The Morgan fingerprint density at radius 1 is 1.22 bits per heavy atom. The second-order valence-corrected chi connectivity index (χ2v) is 6.79. The van der Waals surface area contributed by atoms with E-state index in [0.717, 1.165) is 29.9 Å². The number of piperidine rings is 1. The molecular formula is C16H16N4O2S. The molecule has 0 unspecified atom stereocenters. The van der Waals surface area contributed by atoms with Gasteiger partial charge in [0.1, 0.15) is 6.04 Å². The van der Waals surface area contributed by atoms with E-state index < -0.39 is 0 Å². The van der Waals surface area contributed by atoms with Crippen molar-refractivity contribution in [2.24, 2.45) is 5.92 Å². The Morgan fingerprint density at radius 3 is 2.78 bits per heavy atom. The van der Waals surface area contributed by atoms with Crippen LogP contribution in [0.1, 0.15) is 19.8 Å². The normalized spacial score (nSPS) is 24.2. The van der Waals surface area contributed by atoms with Crippen LogP contribution < -0.4 is 4.90 Å². The van der Waals surface area contributed by atoms with Gasteiger partial charge < -0.3 is 4.90 Å². The summed E-state index contributed by atoms with van der Waals surface area (Å²) in [6.07, 6.45) is 1.67. The number of rotatable bonds is 2. The number of hydrogen-bond acceptors (Lipinski definition) is 5. The van der Waals surface area contributed by atoms with Crippen LogP contribution in [0.2, 0.25) is 0 Å². The molecule has 2 aliphatic rings. The standard InChI is InChI=1S/C16H16N4O2S/c1-10-7-8-19-12(9-10)14(21)20(16(19)22)15-17-13(18-23-15)11-5-3-2-4-6-11/h2-6,10,12H,7-9H2,1H3/t10-,12+/m1/s1. The predicted octanol–water partition coefficient (Wildman–Crippen LogP) is 2.77. The fourth-order valence-electron chi connectivity index (χ4n) is 3.16. The van der Waals surface area contributed by atoms with Crippen LogP contribution in [0.15, 0.2) is 30.3 Å². The van der Waals surface area contributed by atoms with Crippen LogP contribution in [-0.2, 0) is 4.79 Å². The average molecular weight is 328 g/mol. The van der Waals surface area contributed by atoms with Crippen LogP contribution >= 0.6 is 11.5 Å².